The molecule has 0 spiro atoms. The lowest BCUT2D eigenvalue weighted by atomic mass is 10.0. The number of carbonyl (C=O) groups is 1. The summed E-state index contributed by atoms with van der Waals surface area (Å²) in [5, 5.41) is 4.78. The van der Waals surface area contributed by atoms with Crippen molar-refractivity contribution in [3.63, 3.8) is 0 Å². The molecule has 4 rings (SSSR count). The summed E-state index contributed by atoms with van der Waals surface area (Å²) in [5.41, 5.74) is 4.32. The lowest BCUT2D eigenvalue weighted by molar-refractivity contribution is 0.0715. The average Bonchev–Trinajstić information content (AvgIpc) is 3.07. The van der Waals surface area contributed by atoms with E-state index in [-0.39, 0.29) is 5.91 Å². The first-order chi connectivity index (χ1) is 13.3. The molecule has 0 atom stereocenters. The highest BCUT2D eigenvalue weighted by atomic mass is 16.2. The number of aryl methyl sites for hydroxylation is 1. The number of pyridine rings is 1. The molecule has 27 heavy (non-hydrogen) atoms. The van der Waals surface area contributed by atoms with Gasteiger partial charge in [-0.25, -0.2) is 0 Å². The number of likely N-dealkylation sites (tertiary alicyclic amines) is 1. The van der Waals surface area contributed by atoms with Gasteiger partial charge < -0.3 is 4.90 Å². The summed E-state index contributed by atoms with van der Waals surface area (Å²) in [4.78, 5) is 21.8. The summed E-state index contributed by atoms with van der Waals surface area (Å²) < 4.78 is 2.09. The SMILES string of the molecule is CCCn1nc(C(=O)N2CCCCC2)c2c1CCN(Cc1cccnc1)C2. The second-order valence-corrected chi connectivity index (χ2v) is 7.67. The van der Waals surface area contributed by atoms with Crippen molar-refractivity contribution in [2.24, 2.45) is 0 Å². The summed E-state index contributed by atoms with van der Waals surface area (Å²) in [7, 11) is 0. The van der Waals surface area contributed by atoms with E-state index in [0.717, 1.165) is 70.5 Å². The van der Waals surface area contributed by atoms with Gasteiger partial charge in [0.2, 0.25) is 0 Å². The van der Waals surface area contributed by atoms with Gasteiger partial charge >= 0.3 is 0 Å². The lowest BCUT2D eigenvalue weighted by Crippen LogP contribution is -2.37. The number of amides is 1. The minimum absolute atomic E-state index is 0.129. The number of fused-ring (bicyclic) bond motifs is 1. The number of nitrogens with zero attached hydrogens (tertiary/aromatic N) is 5. The molecule has 0 unspecified atom stereocenters. The Hall–Kier alpha value is -2.21. The maximum absolute atomic E-state index is 13.2. The van der Waals surface area contributed by atoms with Crippen molar-refractivity contribution in [3.05, 3.63) is 47.0 Å². The van der Waals surface area contributed by atoms with Gasteiger partial charge in [-0.3, -0.25) is 19.4 Å². The van der Waals surface area contributed by atoms with Gasteiger partial charge in [0.05, 0.1) is 0 Å². The van der Waals surface area contributed by atoms with Gasteiger partial charge in [0.25, 0.3) is 5.91 Å². The topological polar surface area (TPSA) is 54.3 Å². The van der Waals surface area contributed by atoms with Crippen LogP contribution in [0.4, 0.5) is 0 Å². The molecule has 2 aromatic rings. The smallest absolute Gasteiger partial charge is 0.274 e. The molecule has 6 nitrogen and oxygen atoms in total. The van der Waals surface area contributed by atoms with E-state index in [1.54, 1.807) is 0 Å². The summed E-state index contributed by atoms with van der Waals surface area (Å²) >= 11 is 0. The van der Waals surface area contributed by atoms with Crippen LogP contribution in [0.1, 0.15) is 59.9 Å². The molecule has 2 aromatic heterocycles. The first-order valence-corrected chi connectivity index (χ1v) is 10.3. The summed E-state index contributed by atoms with van der Waals surface area (Å²) in [6, 6.07) is 4.10. The molecule has 6 heteroatoms. The average molecular weight is 367 g/mol. The van der Waals surface area contributed by atoms with Gasteiger partial charge in [-0.15, -0.1) is 0 Å². The van der Waals surface area contributed by atoms with Crippen LogP contribution in [0.3, 0.4) is 0 Å². The van der Waals surface area contributed by atoms with Gasteiger partial charge in [0, 0.05) is 69.3 Å². The fourth-order valence-electron chi connectivity index (χ4n) is 4.25. The third kappa shape index (κ3) is 3.90. The summed E-state index contributed by atoms with van der Waals surface area (Å²) in [6.07, 6.45) is 9.16. The van der Waals surface area contributed by atoms with E-state index in [4.69, 9.17) is 5.10 Å². The van der Waals surface area contributed by atoms with Crippen molar-refractivity contribution < 1.29 is 4.79 Å². The lowest BCUT2D eigenvalue weighted by Gasteiger charge is -2.29. The van der Waals surface area contributed by atoms with Crippen LogP contribution in [0.5, 0.6) is 0 Å². The van der Waals surface area contributed by atoms with Gasteiger partial charge in [-0.05, 0) is 37.3 Å². The fourth-order valence-corrected chi connectivity index (χ4v) is 4.25. The Morgan fingerprint density at radius 3 is 2.78 bits per heavy atom. The molecule has 0 radical (unpaired) electrons. The van der Waals surface area contributed by atoms with E-state index in [1.807, 2.05) is 23.4 Å². The number of hydrogen-bond acceptors (Lipinski definition) is 4. The van der Waals surface area contributed by atoms with Gasteiger partial charge in [0.1, 0.15) is 0 Å². The van der Waals surface area contributed by atoms with Crippen LogP contribution in [0.25, 0.3) is 0 Å². The molecule has 4 heterocycles. The minimum atomic E-state index is 0.129. The number of rotatable bonds is 5. The second kappa shape index (κ2) is 8.21. The normalized spacial score (nSPS) is 17.7. The van der Waals surface area contributed by atoms with Crippen LogP contribution in [-0.4, -0.2) is 50.1 Å². The number of aromatic nitrogens is 3. The zero-order chi connectivity index (χ0) is 18.6. The first kappa shape index (κ1) is 18.2. The Labute approximate surface area is 161 Å². The molecule has 0 aliphatic carbocycles. The fraction of sp³-hybridized carbons (Fsp3) is 0.571. The predicted molar refractivity (Wildman–Crippen MR) is 104 cm³/mol. The highest BCUT2D eigenvalue weighted by Gasteiger charge is 2.30. The summed E-state index contributed by atoms with van der Waals surface area (Å²) in [6.45, 7) is 7.44. The Morgan fingerprint density at radius 1 is 1.19 bits per heavy atom. The van der Waals surface area contributed by atoms with Crippen molar-refractivity contribution in [3.8, 4) is 0 Å². The molecule has 0 saturated carbocycles. The Kier molecular flexibility index (Phi) is 5.53. The third-order valence-electron chi connectivity index (χ3n) is 5.62. The van der Waals surface area contributed by atoms with E-state index >= 15 is 0 Å². The van der Waals surface area contributed by atoms with E-state index in [1.165, 1.54) is 17.7 Å². The Morgan fingerprint density at radius 2 is 2.04 bits per heavy atom. The molecular weight excluding hydrogens is 338 g/mol. The van der Waals surface area contributed by atoms with E-state index in [9.17, 15) is 4.79 Å². The summed E-state index contributed by atoms with van der Waals surface area (Å²) in [5.74, 6) is 0.129. The Bertz CT molecular complexity index is 779. The zero-order valence-corrected chi connectivity index (χ0v) is 16.2. The third-order valence-corrected chi connectivity index (χ3v) is 5.62. The molecule has 0 bridgehead atoms. The minimum Gasteiger partial charge on any atom is -0.337 e. The standard InChI is InChI=1S/C21H29N5O/c1-2-10-26-19-8-13-24(15-17-7-6-9-22-14-17)16-18(19)20(23-26)21(27)25-11-4-3-5-12-25/h6-7,9,14H,2-5,8,10-13,15-16H2,1H3. The Balaban J connectivity index is 1.58. The number of hydrogen-bond donors (Lipinski definition) is 0. The molecule has 1 amide bonds. The highest BCUT2D eigenvalue weighted by molar-refractivity contribution is 5.94. The molecule has 0 N–H and O–H groups in total. The van der Waals surface area contributed by atoms with E-state index in [0.29, 0.717) is 5.69 Å². The van der Waals surface area contributed by atoms with Crippen molar-refractivity contribution in [1.29, 1.82) is 0 Å². The quantitative estimate of drug-likeness (QED) is 0.815. The molecule has 2 aliphatic rings. The van der Waals surface area contributed by atoms with Crippen molar-refractivity contribution in [2.45, 2.75) is 58.7 Å². The second-order valence-electron chi connectivity index (χ2n) is 7.67. The van der Waals surface area contributed by atoms with Gasteiger partial charge in [-0.1, -0.05) is 13.0 Å². The molecular formula is C21H29N5O. The molecule has 2 aliphatic heterocycles. The molecule has 144 valence electrons. The molecule has 1 saturated heterocycles. The predicted octanol–water partition coefficient (Wildman–Crippen LogP) is 2.87. The van der Waals surface area contributed by atoms with Crippen LogP contribution < -0.4 is 0 Å². The largest absolute Gasteiger partial charge is 0.337 e. The van der Waals surface area contributed by atoms with Gasteiger partial charge in [0.15, 0.2) is 5.69 Å². The van der Waals surface area contributed by atoms with Crippen molar-refractivity contribution >= 4 is 5.91 Å². The maximum atomic E-state index is 13.2. The van der Waals surface area contributed by atoms with Crippen LogP contribution in [-0.2, 0) is 26.1 Å². The maximum Gasteiger partial charge on any atom is 0.274 e. The first-order valence-electron chi connectivity index (χ1n) is 10.3. The number of carbonyl (C=O) groups excluding carboxylic acids is 1. The van der Waals surface area contributed by atoms with Gasteiger partial charge in [-0.2, -0.15) is 5.10 Å². The van der Waals surface area contributed by atoms with Crippen molar-refractivity contribution in [2.75, 3.05) is 19.6 Å². The van der Waals surface area contributed by atoms with Crippen LogP contribution in [0, 0.1) is 0 Å². The monoisotopic (exact) mass is 367 g/mol. The van der Waals surface area contributed by atoms with Crippen molar-refractivity contribution in [1.82, 2.24) is 24.6 Å². The zero-order valence-electron chi connectivity index (χ0n) is 16.2. The number of piperidine rings is 1. The van der Waals surface area contributed by atoms with E-state index in [2.05, 4.69) is 27.6 Å². The highest BCUT2D eigenvalue weighted by Crippen LogP contribution is 2.26. The molecule has 1 fully saturated rings. The van der Waals surface area contributed by atoms with Crippen LogP contribution >= 0.6 is 0 Å². The molecule has 0 aromatic carbocycles. The van der Waals surface area contributed by atoms with Crippen LogP contribution in [0.15, 0.2) is 24.5 Å². The van der Waals surface area contributed by atoms with Crippen LogP contribution in [0.2, 0.25) is 0 Å². The van der Waals surface area contributed by atoms with E-state index < -0.39 is 0 Å².